The molecular formula is C10H16N2O3S. The van der Waals surface area contributed by atoms with Crippen LogP contribution in [-0.2, 0) is 6.54 Å². The van der Waals surface area contributed by atoms with Gasteiger partial charge in [-0.05, 0) is 27.0 Å². The van der Waals surface area contributed by atoms with Gasteiger partial charge in [-0.15, -0.1) is 0 Å². The smallest absolute Gasteiger partial charge is 0.324 e. The highest BCUT2D eigenvalue weighted by Gasteiger charge is 2.23. The van der Waals surface area contributed by atoms with Crippen LogP contribution in [0.25, 0.3) is 0 Å². The average molecular weight is 244 g/mol. The topological polar surface area (TPSA) is 66.6 Å². The van der Waals surface area contributed by atoms with Crippen LogP contribution < -0.4 is 0 Å². The maximum absolute atomic E-state index is 10.5. The van der Waals surface area contributed by atoms with E-state index in [1.807, 2.05) is 25.8 Å². The first-order valence-corrected chi connectivity index (χ1v) is 5.73. The zero-order chi connectivity index (χ0) is 12.3. The fourth-order valence-electron chi connectivity index (χ4n) is 1.12. The van der Waals surface area contributed by atoms with Gasteiger partial charge in [0.2, 0.25) is 0 Å². The van der Waals surface area contributed by atoms with Gasteiger partial charge in [-0.25, -0.2) is 0 Å². The third kappa shape index (κ3) is 3.01. The lowest BCUT2D eigenvalue weighted by molar-refractivity contribution is -0.380. The molecule has 0 saturated heterocycles. The predicted molar refractivity (Wildman–Crippen MR) is 63.6 cm³/mol. The minimum Gasteiger partial charge on any atom is -0.394 e. The number of hydrogen-bond donors (Lipinski definition) is 1. The Morgan fingerprint density at radius 1 is 1.56 bits per heavy atom. The van der Waals surface area contributed by atoms with Gasteiger partial charge in [-0.2, -0.15) is 0 Å². The van der Waals surface area contributed by atoms with Crippen molar-refractivity contribution >= 4 is 16.3 Å². The van der Waals surface area contributed by atoms with Crippen LogP contribution in [0, 0.1) is 10.1 Å². The van der Waals surface area contributed by atoms with E-state index in [1.54, 1.807) is 6.07 Å². The largest absolute Gasteiger partial charge is 0.394 e. The van der Waals surface area contributed by atoms with E-state index in [4.69, 9.17) is 0 Å². The summed E-state index contributed by atoms with van der Waals surface area (Å²) in [6.45, 7) is 4.51. The molecule has 1 rings (SSSR count). The van der Waals surface area contributed by atoms with Crippen LogP contribution in [0.15, 0.2) is 12.1 Å². The molecule has 6 heteroatoms. The summed E-state index contributed by atoms with van der Waals surface area (Å²) in [6, 6.07) is 3.27. The molecule has 0 amide bonds. The lowest BCUT2D eigenvalue weighted by atomic mass is 10.1. The summed E-state index contributed by atoms with van der Waals surface area (Å²) in [5.41, 5.74) is -0.321. The molecule has 0 radical (unpaired) electrons. The number of thiophene rings is 1. The zero-order valence-electron chi connectivity index (χ0n) is 9.64. The SMILES string of the molecule is CN(Cc1ccc([N+](=O)[O-])s1)C(C)(C)CO. The third-order valence-electron chi connectivity index (χ3n) is 2.64. The van der Waals surface area contributed by atoms with E-state index < -0.39 is 0 Å². The Kier molecular flexibility index (Phi) is 4.01. The van der Waals surface area contributed by atoms with Gasteiger partial charge in [0.25, 0.3) is 0 Å². The first kappa shape index (κ1) is 13.1. The summed E-state index contributed by atoms with van der Waals surface area (Å²) in [5.74, 6) is 0. The summed E-state index contributed by atoms with van der Waals surface area (Å²) >= 11 is 1.17. The molecule has 1 heterocycles. The van der Waals surface area contributed by atoms with E-state index in [-0.39, 0.29) is 22.1 Å². The number of nitro groups is 1. The van der Waals surface area contributed by atoms with Crippen LogP contribution in [0.1, 0.15) is 18.7 Å². The Labute approximate surface area is 98.5 Å². The van der Waals surface area contributed by atoms with Crippen molar-refractivity contribution in [1.29, 1.82) is 0 Å². The number of likely N-dealkylation sites (N-methyl/N-ethyl adjacent to an activating group) is 1. The van der Waals surface area contributed by atoms with Gasteiger partial charge < -0.3 is 5.11 Å². The van der Waals surface area contributed by atoms with E-state index in [9.17, 15) is 15.2 Å². The minimum atomic E-state index is -0.384. The van der Waals surface area contributed by atoms with Crippen LogP contribution in [0.2, 0.25) is 0 Å². The maximum Gasteiger partial charge on any atom is 0.324 e. The van der Waals surface area contributed by atoms with Gasteiger partial charge in [0, 0.05) is 23.0 Å². The van der Waals surface area contributed by atoms with Gasteiger partial charge in [-0.1, -0.05) is 11.3 Å². The summed E-state index contributed by atoms with van der Waals surface area (Å²) in [4.78, 5) is 13.0. The predicted octanol–water partition coefficient (Wildman–Crippen LogP) is 1.86. The van der Waals surface area contributed by atoms with Gasteiger partial charge in [0.1, 0.15) is 0 Å². The normalized spacial score (nSPS) is 12.1. The van der Waals surface area contributed by atoms with Gasteiger partial charge in [0.15, 0.2) is 0 Å². The first-order valence-electron chi connectivity index (χ1n) is 4.92. The first-order chi connectivity index (χ1) is 7.36. The second kappa shape index (κ2) is 4.90. The molecule has 1 aromatic rings. The van der Waals surface area contributed by atoms with Crippen molar-refractivity contribution in [2.24, 2.45) is 0 Å². The summed E-state index contributed by atoms with van der Waals surface area (Å²) in [6.07, 6.45) is 0. The second-order valence-electron chi connectivity index (χ2n) is 4.32. The molecule has 0 aromatic carbocycles. The van der Waals surface area contributed by atoms with Gasteiger partial charge >= 0.3 is 5.00 Å². The van der Waals surface area contributed by atoms with Crippen LogP contribution in [0.4, 0.5) is 5.00 Å². The number of nitrogens with zero attached hydrogens (tertiary/aromatic N) is 2. The summed E-state index contributed by atoms with van der Waals surface area (Å²) in [5, 5.41) is 19.9. The fourth-order valence-corrected chi connectivity index (χ4v) is 1.99. The maximum atomic E-state index is 10.5. The quantitative estimate of drug-likeness (QED) is 0.634. The summed E-state index contributed by atoms with van der Waals surface area (Å²) < 4.78 is 0. The van der Waals surface area contributed by atoms with E-state index in [0.29, 0.717) is 6.54 Å². The monoisotopic (exact) mass is 244 g/mol. The average Bonchev–Trinajstić information content (AvgIpc) is 2.66. The van der Waals surface area contributed by atoms with E-state index >= 15 is 0 Å². The van der Waals surface area contributed by atoms with Crippen molar-refractivity contribution in [3.63, 3.8) is 0 Å². The number of aliphatic hydroxyl groups is 1. The molecule has 0 spiro atoms. The van der Waals surface area contributed by atoms with Gasteiger partial charge in [-0.3, -0.25) is 15.0 Å². The van der Waals surface area contributed by atoms with E-state index in [0.717, 1.165) is 4.88 Å². The van der Waals surface area contributed by atoms with Crippen LogP contribution in [-0.4, -0.2) is 34.1 Å². The highest BCUT2D eigenvalue weighted by atomic mass is 32.1. The molecule has 0 bridgehead atoms. The molecule has 0 fully saturated rings. The molecule has 90 valence electrons. The van der Waals surface area contributed by atoms with Crippen molar-refractivity contribution in [2.75, 3.05) is 13.7 Å². The Balaban J connectivity index is 2.70. The Morgan fingerprint density at radius 2 is 2.19 bits per heavy atom. The Hall–Kier alpha value is -0.980. The summed E-state index contributed by atoms with van der Waals surface area (Å²) in [7, 11) is 1.89. The molecule has 1 N–H and O–H groups in total. The molecule has 16 heavy (non-hydrogen) atoms. The van der Waals surface area contributed by atoms with Crippen molar-refractivity contribution in [1.82, 2.24) is 4.90 Å². The molecule has 5 nitrogen and oxygen atoms in total. The molecule has 1 aromatic heterocycles. The highest BCUT2D eigenvalue weighted by molar-refractivity contribution is 7.15. The highest BCUT2D eigenvalue weighted by Crippen LogP contribution is 2.26. The van der Waals surface area contributed by atoms with Crippen LogP contribution in [0.3, 0.4) is 0 Å². The molecular weight excluding hydrogens is 228 g/mol. The number of aliphatic hydroxyl groups excluding tert-OH is 1. The molecule has 0 aliphatic heterocycles. The number of hydrogen-bond acceptors (Lipinski definition) is 5. The lowest BCUT2D eigenvalue weighted by Crippen LogP contribution is -2.43. The lowest BCUT2D eigenvalue weighted by Gasteiger charge is -2.33. The number of rotatable bonds is 5. The molecule has 0 unspecified atom stereocenters. The molecule has 0 saturated carbocycles. The molecule has 0 aliphatic carbocycles. The minimum absolute atomic E-state index is 0.0525. The third-order valence-corrected chi connectivity index (χ3v) is 3.66. The van der Waals surface area contributed by atoms with E-state index in [1.165, 1.54) is 17.4 Å². The zero-order valence-corrected chi connectivity index (χ0v) is 10.5. The second-order valence-corrected chi connectivity index (χ2v) is 5.47. The van der Waals surface area contributed by atoms with E-state index in [2.05, 4.69) is 0 Å². The molecule has 0 atom stereocenters. The van der Waals surface area contributed by atoms with Crippen LogP contribution in [0.5, 0.6) is 0 Å². The van der Waals surface area contributed by atoms with Crippen LogP contribution >= 0.6 is 11.3 Å². The van der Waals surface area contributed by atoms with Gasteiger partial charge in [0.05, 0.1) is 11.5 Å². The standard InChI is InChI=1S/C10H16N2O3S/c1-10(2,7-13)11(3)6-8-4-5-9(16-8)12(14)15/h4-5,13H,6-7H2,1-3H3. The van der Waals surface area contributed by atoms with Crippen molar-refractivity contribution < 1.29 is 10.0 Å². The molecule has 0 aliphatic rings. The van der Waals surface area contributed by atoms with Crippen molar-refractivity contribution in [3.8, 4) is 0 Å². The Bertz CT molecular complexity index is 376. The van der Waals surface area contributed by atoms with Crippen molar-refractivity contribution in [2.45, 2.75) is 25.9 Å². The van der Waals surface area contributed by atoms with Crippen molar-refractivity contribution in [3.05, 3.63) is 27.1 Å². The fraction of sp³-hybridized carbons (Fsp3) is 0.600. The Morgan fingerprint density at radius 3 is 2.62 bits per heavy atom.